The van der Waals surface area contributed by atoms with Crippen LogP contribution in [0.2, 0.25) is 0 Å². The number of rotatable bonds is 12. The van der Waals surface area contributed by atoms with E-state index in [-0.39, 0.29) is 24.8 Å². The molecule has 0 saturated carbocycles. The van der Waals surface area contributed by atoms with E-state index < -0.39 is 0 Å². The fourth-order valence-electron chi connectivity index (χ4n) is 4.38. The molecule has 0 N–H and O–H groups in total. The normalized spacial score (nSPS) is 10.9. The van der Waals surface area contributed by atoms with Crippen molar-refractivity contribution in [1.29, 1.82) is 0 Å². The minimum atomic E-state index is -0.234. The number of benzene rings is 3. The summed E-state index contributed by atoms with van der Waals surface area (Å²) in [5.74, 6) is 0.534. The molecule has 6 nitrogen and oxygen atoms in total. The SMILES string of the molecule is CCOC(=O)CCc1cn(CC(=O)N(C)CCc2ccccc2)c2cccc(OCc3ccccc3)c12. The molecule has 4 rings (SSSR count). The fraction of sp³-hybridized carbons (Fsp3) is 0.290. The van der Waals surface area contributed by atoms with E-state index in [1.807, 2.05) is 84.5 Å². The number of aromatic nitrogens is 1. The third kappa shape index (κ3) is 7.00. The molecule has 0 aliphatic carbocycles. The second-order valence-electron chi connectivity index (χ2n) is 9.06. The summed E-state index contributed by atoms with van der Waals surface area (Å²) >= 11 is 0. The van der Waals surface area contributed by atoms with Crippen molar-refractivity contribution in [1.82, 2.24) is 9.47 Å². The van der Waals surface area contributed by atoms with Crippen LogP contribution in [0.4, 0.5) is 0 Å². The average Bonchev–Trinajstić information content (AvgIpc) is 3.28. The Labute approximate surface area is 218 Å². The standard InChI is InChI=1S/C31H34N2O4/c1-3-36-30(35)18-17-26-21-33(22-29(34)32(2)20-19-24-11-6-4-7-12-24)27-15-10-16-28(31(26)27)37-23-25-13-8-5-9-14-25/h4-16,21H,3,17-20,22-23H2,1-2H3. The van der Waals surface area contributed by atoms with Crippen molar-refractivity contribution in [2.45, 2.75) is 39.3 Å². The van der Waals surface area contributed by atoms with Crippen LogP contribution in [0.5, 0.6) is 5.75 Å². The van der Waals surface area contributed by atoms with E-state index in [0.29, 0.717) is 26.2 Å². The smallest absolute Gasteiger partial charge is 0.306 e. The Bertz CT molecular complexity index is 1320. The van der Waals surface area contributed by atoms with E-state index in [0.717, 1.165) is 34.2 Å². The minimum Gasteiger partial charge on any atom is -0.488 e. The molecule has 0 fully saturated rings. The van der Waals surface area contributed by atoms with Crippen LogP contribution in [0.3, 0.4) is 0 Å². The lowest BCUT2D eigenvalue weighted by Gasteiger charge is -2.18. The first kappa shape index (κ1) is 26.0. The molecule has 0 atom stereocenters. The van der Waals surface area contributed by atoms with Gasteiger partial charge in [0.1, 0.15) is 18.9 Å². The number of amides is 1. The van der Waals surface area contributed by atoms with Crippen molar-refractivity contribution in [2.75, 3.05) is 20.2 Å². The number of carbonyl (C=O) groups is 2. The van der Waals surface area contributed by atoms with Gasteiger partial charge in [-0.15, -0.1) is 0 Å². The van der Waals surface area contributed by atoms with Crippen molar-refractivity contribution in [3.63, 3.8) is 0 Å². The van der Waals surface area contributed by atoms with Gasteiger partial charge in [-0.25, -0.2) is 0 Å². The number of esters is 1. The van der Waals surface area contributed by atoms with Gasteiger partial charge in [0.2, 0.25) is 5.91 Å². The molecule has 0 saturated heterocycles. The Kier molecular flexibility index (Phi) is 8.98. The van der Waals surface area contributed by atoms with Crippen molar-refractivity contribution in [3.05, 3.63) is 102 Å². The summed E-state index contributed by atoms with van der Waals surface area (Å²) in [5, 5.41) is 0.933. The highest BCUT2D eigenvalue weighted by atomic mass is 16.5. The van der Waals surface area contributed by atoms with E-state index in [4.69, 9.17) is 9.47 Å². The molecule has 0 aliphatic rings. The summed E-state index contributed by atoms with van der Waals surface area (Å²) in [4.78, 5) is 27.0. The highest BCUT2D eigenvalue weighted by Crippen LogP contribution is 2.32. The number of fused-ring (bicyclic) bond motifs is 1. The molecule has 4 aromatic rings. The van der Waals surface area contributed by atoms with Gasteiger partial charge < -0.3 is 18.9 Å². The first-order chi connectivity index (χ1) is 18.0. The zero-order chi connectivity index (χ0) is 26.0. The van der Waals surface area contributed by atoms with Gasteiger partial charge in [0, 0.05) is 31.6 Å². The zero-order valence-corrected chi connectivity index (χ0v) is 21.6. The van der Waals surface area contributed by atoms with E-state index in [2.05, 4.69) is 12.1 Å². The summed E-state index contributed by atoms with van der Waals surface area (Å²) in [6, 6.07) is 26.0. The molecule has 37 heavy (non-hydrogen) atoms. The molecule has 0 spiro atoms. The highest BCUT2D eigenvalue weighted by molar-refractivity contribution is 5.91. The van der Waals surface area contributed by atoms with Crippen molar-refractivity contribution < 1.29 is 19.1 Å². The maximum Gasteiger partial charge on any atom is 0.306 e. The Balaban J connectivity index is 1.55. The van der Waals surface area contributed by atoms with Crippen LogP contribution in [0.15, 0.2) is 85.1 Å². The number of hydrogen-bond acceptors (Lipinski definition) is 4. The van der Waals surface area contributed by atoms with Crippen molar-refractivity contribution in [3.8, 4) is 5.75 Å². The van der Waals surface area contributed by atoms with E-state index >= 15 is 0 Å². The molecule has 1 heterocycles. The Hall–Kier alpha value is -4.06. The lowest BCUT2D eigenvalue weighted by Crippen LogP contribution is -2.31. The number of ether oxygens (including phenoxy) is 2. The number of aryl methyl sites for hydroxylation is 1. The molecule has 0 radical (unpaired) electrons. The van der Waals surface area contributed by atoms with Gasteiger partial charge in [0.15, 0.2) is 0 Å². The lowest BCUT2D eigenvalue weighted by atomic mass is 10.1. The van der Waals surface area contributed by atoms with Crippen LogP contribution in [0.1, 0.15) is 30.0 Å². The molecular formula is C31H34N2O4. The quantitative estimate of drug-likeness (QED) is 0.245. The number of hydrogen-bond donors (Lipinski definition) is 0. The van der Waals surface area contributed by atoms with Crippen molar-refractivity contribution in [2.24, 2.45) is 0 Å². The van der Waals surface area contributed by atoms with Gasteiger partial charge in [-0.1, -0.05) is 66.7 Å². The second-order valence-corrected chi connectivity index (χ2v) is 9.06. The van der Waals surface area contributed by atoms with Crippen LogP contribution in [-0.2, 0) is 40.3 Å². The molecule has 1 amide bonds. The predicted octanol–water partition coefficient (Wildman–Crippen LogP) is 5.42. The largest absolute Gasteiger partial charge is 0.488 e. The minimum absolute atomic E-state index is 0.0281. The topological polar surface area (TPSA) is 60.8 Å². The number of nitrogens with zero attached hydrogens (tertiary/aromatic N) is 2. The Morgan fingerprint density at radius 1 is 0.865 bits per heavy atom. The molecule has 0 bridgehead atoms. The van der Waals surface area contributed by atoms with Crippen LogP contribution in [0.25, 0.3) is 10.9 Å². The van der Waals surface area contributed by atoms with Gasteiger partial charge in [0.25, 0.3) is 0 Å². The van der Waals surface area contributed by atoms with Gasteiger partial charge in [-0.2, -0.15) is 0 Å². The zero-order valence-electron chi connectivity index (χ0n) is 21.6. The molecule has 1 aromatic heterocycles. The van der Waals surface area contributed by atoms with Crippen LogP contribution in [0, 0.1) is 0 Å². The summed E-state index contributed by atoms with van der Waals surface area (Å²) in [5.41, 5.74) is 4.15. The van der Waals surface area contributed by atoms with Crippen LogP contribution < -0.4 is 4.74 Å². The van der Waals surface area contributed by atoms with E-state index in [1.165, 1.54) is 5.56 Å². The second kappa shape index (κ2) is 12.8. The van der Waals surface area contributed by atoms with Gasteiger partial charge in [-0.3, -0.25) is 9.59 Å². The monoisotopic (exact) mass is 498 g/mol. The molecule has 192 valence electrons. The Morgan fingerprint density at radius 2 is 1.57 bits per heavy atom. The molecule has 6 heteroatoms. The molecule has 0 unspecified atom stereocenters. The maximum atomic E-state index is 13.1. The third-order valence-corrected chi connectivity index (χ3v) is 6.40. The fourth-order valence-corrected chi connectivity index (χ4v) is 4.38. The lowest BCUT2D eigenvalue weighted by molar-refractivity contribution is -0.143. The molecule has 3 aromatic carbocycles. The van der Waals surface area contributed by atoms with Gasteiger partial charge in [-0.05, 0) is 48.6 Å². The maximum absolute atomic E-state index is 13.1. The van der Waals surface area contributed by atoms with E-state index in [9.17, 15) is 9.59 Å². The first-order valence-corrected chi connectivity index (χ1v) is 12.8. The first-order valence-electron chi connectivity index (χ1n) is 12.8. The Morgan fingerprint density at radius 3 is 2.27 bits per heavy atom. The summed E-state index contributed by atoms with van der Waals surface area (Å²) in [7, 11) is 1.84. The predicted molar refractivity (Wildman–Crippen MR) is 145 cm³/mol. The van der Waals surface area contributed by atoms with Crippen molar-refractivity contribution >= 4 is 22.8 Å². The molecule has 0 aliphatic heterocycles. The summed E-state index contributed by atoms with van der Waals surface area (Å²) in [6.45, 7) is 3.45. The number of carbonyl (C=O) groups excluding carboxylic acids is 2. The van der Waals surface area contributed by atoms with Gasteiger partial charge >= 0.3 is 5.97 Å². The summed E-state index contributed by atoms with van der Waals surface area (Å²) in [6.07, 6.45) is 3.55. The van der Waals surface area contributed by atoms with Crippen LogP contribution >= 0.6 is 0 Å². The average molecular weight is 499 g/mol. The highest BCUT2D eigenvalue weighted by Gasteiger charge is 2.18. The number of likely N-dealkylation sites (N-methyl/N-ethyl adjacent to an activating group) is 1. The summed E-state index contributed by atoms with van der Waals surface area (Å²) < 4.78 is 13.3. The van der Waals surface area contributed by atoms with E-state index in [1.54, 1.807) is 11.8 Å². The van der Waals surface area contributed by atoms with Crippen LogP contribution in [-0.4, -0.2) is 41.5 Å². The van der Waals surface area contributed by atoms with Gasteiger partial charge in [0.05, 0.1) is 12.1 Å². The molecular weight excluding hydrogens is 464 g/mol. The third-order valence-electron chi connectivity index (χ3n) is 6.40.